The van der Waals surface area contributed by atoms with Crippen LogP contribution in [0.1, 0.15) is 26.3 Å². The summed E-state index contributed by atoms with van der Waals surface area (Å²) in [5.74, 6) is 0.276. The second kappa shape index (κ2) is 3.33. The van der Waals surface area contributed by atoms with E-state index in [4.69, 9.17) is 11.5 Å². The average Bonchev–Trinajstić information content (AvgIpc) is 2.15. The zero-order valence-electron chi connectivity index (χ0n) is 9.78. The SMILES string of the molecule is CC(C)(C)c1cc(N)c2cnc(N)nc2c1. The lowest BCUT2D eigenvalue weighted by atomic mass is 9.86. The third-order valence-electron chi connectivity index (χ3n) is 2.62. The molecule has 84 valence electrons. The molecule has 4 N–H and O–H groups in total. The summed E-state index contributed by atoms with van der Waals surface area (Å²) in [5.41, 5.74) is 14.2. The molecule has 1 aromatic heterocycles. The van der Waals surface area contributed by atoms with E-state index in [1.54, 1.807) is 6.20 Å². The molecule has 1 heterocycles. The van der Waals surface area contributed by atoms with Gasteiger partial charge in [0.05, 0.1) is 5.52 Å². The van der Waals surface area contributed by atoms with Crippen LogP contribution in [-0.2, 0) is 5.41 Å². The molecule has 2 rings (SSSR count). The van der Waals surface area contributed by atoms with E-state index in [9.17, 15) is 0 Å². The molecule has 0 aliphatic rings. The van der Waals surface area contributed by atoms with E-state index in [1.807, 2.05) is 12.1 Å². The fourth-order valence-electron chi connectivity index (χ4n) is 1.61. The third kappa shape index (κ3) is 1.78. The Morgan fingerprint density at radius 1 is 1.12 bits per heavy atom. The van der Waals surface area contributed by atoms with Gasteiger partial charge in [0.25, 0.3) is 0 Å². The molecule has 0 radical (unpaired) electrons. The van der Waals surface area contributed by atoms with Crippen molar-refractivity contribution in [3.8, 4) is 0 Å². The second-order valence-electron chi connectivity index (χ2n) is 4.98. The lowest BCUT2D eigenvalue weighted by molar-refractivity contribution is 0.591. The van der Waals surface area contributed by atoms with Crippen molar-refractivity contribution in [1.29, 1.82) is 0 Å². The molecule has 1 aromatic carbocycles. The number of nitrogens with zero attached hydrogens (tertiary/aromatic N) is 2. The predicted octanol–water partition coefficient (Wildman–Crippen LogP) is 2.09. The molecule has 0 saturated heterocycles. The fourth-order valence-corrected chi connectivity index (χ4v) is 1.61. The molecule has 0 fully saturated rings. The van der Waals surface area contributed by atoms with E-state index < -0.39 is 0 Å². The van der Waals surface area contributed by atoms with Gasteiger partial charge in [-0.2, -0.15) is 0 Å². The minimum absolute atomic E-state index is 0.0437. The fraction of sp³-hybridized carbons (Fsp3) is 0.333. The van der Waals surface area contributed by atoms with Crippen molar-refractivity contribution in [2.75, 3.05) is 11.5 Å². The molecular weight excluding hydrogens is 200 g/mol. The van der Waals surface area contributed by atoms with Crippen molar-refractivity contribution in [2.24, 2.45) is 0 Å². The van der Waals surface area contributed by atoms with Crippen LogP contribution in [0.15, 0.2) is 18.3 Å². The van der Waals surface area contributed by atoms with Crippen LogP contribution in [0.5, 0.6) is 0 Å². The molecule has 2 aromatic rings. The van der Waals surface area contributed by atoms with Gasteiger partial charge in [0.1, 0.15) is 0 Å². The van der Waals surface area contributed by atoms with Crippen LogP contribution in [0.25, 0.3) is 10.9 Å². The van der Waals surface area contributed by atoms with Gasteiger partial charge >= 0.3 is 0 Å². The van der Waals surface area contributed by atoms with Gasteiger partial charge in [0.15, 0.2) is 0 Å². The Morgan fingerprint density at radius 2 is 1.81 bits per heavy atom. The number of benzene rings is 1. The Hall–Kier alpha value is -1.84. The number of rotatable bonds is 0. The molecule has 0 bridgehead atoms. The summed E-state index contributed by atoms with van der Waals surface area (Å²) in [7, 11) is 0. The predicted molar refractivity (Wildman–Crippen MR) is 67.1 cm³/mol. The lowest BCUT2D eigenvalue weighted by Gasteiger charge is -2.20. The maximum atomic E-state index is 5.98. The van der Waals surface area contributed by atoms with Crippen LogP contribution < -0.4 is 11.5 Å². The molecule has 0 saturated carbocycles. The summed E-state index contributed by atoms with van der Waals surface area (Å²) in [5, 5.41) is 0.849. The van der Waals surface area contributed by atoms with Gasteiger partial charge in [-0.05, 0) is 23.1 Å². The summed E-state index contributed by atoms with van der Waals surface area (Å²) in [6.45, 7) is 6.41. The maximum Gasteiger partial charge on any atom is 0.220 e. The smallest absolute Gasteiger partial charge is 0.220 e. The lowest BCUT2D eigenvalue weighted by Crippen LogP contribution is -2.12. The highest BCUT2D eigenvalue weighted by Crippen LogP contribution is 2.29. The number of anilines is 2. The third-order valence-corrected chi connectivity index (χ3v) is 2.62. The Balaban J connectivity index is 2.75. The van der Waals surface area contributed by atoms with Crippen molar-refractivity contribution >= 4 is 22.5 Å². The van der Waals surface area contributed by atoms with Crippen molar-refractivity contribution in [1.82, 2.24) is 9.97 Å². The van der Waals surface area contributed by atoms with E-state index in [-0.39, 0.29) is 11.4 Å². The van der Waals surface area contributed by atoms with Gasteiger partial charge in [-0.15, -0.1) is 0 Å². The Morgan fingerprint density at radius 3 is 2.44 bits per heavy atom. The van der Waals surface area contributed by atoms with E-state index in [0.717, 1.165) is 16.5 Å². The summed E-state index contributed by atoms with van der Waals surface area (Å²) in [6.07, 6.45) is 1.67. The number of nitrogen functional groups attached to an aromatic ring is 2. The molecule has 0 atom stereocenters. The normalized spacial score (nSPS) is 11.9. The standard InChI is InChI=1S/C12H16N4/c1-12(2,3)7-4-9(13)8-6-15-11(14)16-10(8)5-7/h4-6H,13H2,1-3H3,(H2,14,15,16). The first kappa shape index (κ1) is 10.7. The Bertz CT molecular complexity index is 540. The minimum atomic E-state index is 0.0437. The van der Waals surface area contributed by atoms with Gasteiger partial charge in [-0.25, -0.2) is 9.97 Å². The maximum absolute atomic E-state index is 5.98. The minimum Gasteiger partial charge on any atom is -0.398 e. The summed E-state index contributed by atoms with van der Waals surface area (Å²) >= 11 is 0. The van der Waals surface area contributed by atoms with Crippen LogP contribution in [0, 0.1) is 0 Å². The van der Waals surface area contributed by atoms with Gasteiger partial charge in [-0.1, -0.05) is 20.8 Å². The summed E-state index contributed by atoms with van der Waals surface area (Å²) in [4.78, 5) is 8.14. The van der Waals surface area contributed by atoms with Crippen LogP contribution in [-0.4, -0.2) is 9.97 Å². The number of fused-ring (bicyclic) bond motifs is 1. The molecule has 0 spiro atoms. The van der Waals surface area contributed by atoms with E-state index in [2.05, 4.69) is 30.7 Å². The quantitative estimate of drug-likeness (QED) is 0.661. The van der Waals surface area contributed by atoms with Crippen molar-refractivity contribution < 1.29 is 0 Å². The highest BCUT2D eigenvalue weighted by molar-refractivity contribution is 5.90. The first-order valence-corrected chi connectivity index (χ1v) is 5.20. The number of hydrogen-bond donors (Lipinski definition) is 2. The van der Waals surface area contributed by atoms with E-state index in [0.29, 0.717) is 5.69 Å². The van der Waals surface area contributed by atoms with E-state index >= 15 is 0 Å². The molecule has 4 heteroatoms. The van der Waals surface area contributed by atoms with Crippen LogP contribution in [0.3, 0.4) is 0 Å². The monoisotopic (exact) mass is 216 g/mol. The number of nitrogens with two attached hydrogens (primary N) is 2. The zero-order chi connectivity index (χ0) is 11.9. The average molecular weight is 216 g/mol. The molecule has 16 heavy (non-hydrogen) atoms. The second-order valence-corrected chi connectivity index (χ2v) is 4.98. The first-order chi connectivity index (χ1) is 7.38. The molecule has 4 nitrogen and oxygen atoms in total. The Labute approximate surface area is 94.7 Å². The van der Waals surface area contributed by atoms with Crippen molar-refractivity contribution in [3.05, 3.63) is 23.9 Å². The molecule has 0 amide bonds. The summed E-state index contributed by atoms with van der Waals surface area (Å²) < 4.78 is 0. The van der Waals surface area contributed by atoms with Gasteiger partial charge in [0, 0.05) is 17.3 Å². The number of aromatic nitrogens is 2. The molecule has 0 unspecified atom stereocenters. The first-order valence-electron chi connectivity index (χ1n) is 5.20. The highest BCUT2D eigenvalue weighted by atomic mass is 15.0. The molecular formula is C12H16N4. The number of hydrogen-bond acceptors (Lipinski definition) is 4. The van der Waals surface area contributed by atoms with Crippen LogP contribution in [0.4, 0.5) is 11.6 Å². The van der Waals surface area contributed by atoms with Gasteiger partial charge < -0.3 is 11.5 Å². The zero-order valence-corrected chi connectivity index (χ0v) is 9.78. The van der Waals surface area contributed by atoms with Gasteiger partial charge in [0.2, 0.25) is 5.95 Å². The van der Waals surface area contributed by atoms with E-state index in [1.165, 1.54) is 0 Å². The van der Waals surface area contributed by atoms with Crippen molar-refractivity contribution in [3.63, 3.8) is 0 Å². The highest BCUT2D eigenvalue weighted by Gasteiger charge is 2.15. The summed E-state index contributed by atoms with van der Waals surface area (Å²) in [6, 6.07) is 3.99. The van der Waals surface area contributed by atoms with Crippen LogP contribution >= 0.6 is 0 Å². The molecule has 0 aliphatic heterocycles. The van der Waals surface area contributed by atoms with Crippen molar-refractivity contribution in [2.45, 2.75) is 26.2 Å². The molecule has 0 aliphatic carbocycles. The largest absolute Gasteiger partial charge is 0.398 e. The Kier molecular flexibility index (Phi) is 2.22. The topological polar surface area (TPSA) is 77.8 Å². The van der Waals surface area contributed by atoms with Gasteiger partial charge in [-0.3, -0.25) is 0 Å². The van der Waals surface area contributed by atoms with Crippen LogP contribution in [0.2, 0.25) is 0 Å².